The molecule has 0 bridgehead atoms. The Balaban J connectivity index is 1.79. The number of aromatic nitrogens is 1. The molecule has 1 amide bonds. The summed E-state index contributed by atoms with van der Waals surface area (Å²) in [4.78, 5) is 19.6. The minimum atomic E-state index is -3.37. The van der Waals surface area contributed by atoms with E-state index in [4.69, 9.17) is 20.8 Å². The van der Waals surface area contributed by atoms with Gasteiger partial charge in [0.25, 0.3) is 5.91 Å². The highest BCUT2D eigenvalue weighted by Gasteiger charge is 2.24. The van der Waals surface area contributed by atoms with E-state index in [-0.39, 0.29) is 17.3 Å². The van der Waals surface area contributed by atoms with Crippen LogP contribution < -0.4 is 9.64 Å². The lowest BCUT2D eigenvalue weighted by Gasteiger charge is -2.19. The Labute approximate surface area is 187 Å². The van der Waals surface area contributed by atoms with Gasteiger partial charge in [0, 0.05) is 11.8 Å². The van der Waals surface area contributed by atoms with Crippen molar-refractivity contribution in [1.29, 1.82) is 0 Å². The number of sulfone groups is 1. The molecule has 0 aliphatic rings. The van der Waals surface area contributed by atoms with Gasteiger partial charge in [0.2, 0.25) is 0 Å². The lowest BCUT2D eigenvalue weighted by molar-refractivity contribution is 0.0983. The second-order valence-electron chi connectivity index (χ2n) is 6.69. The first-order valence-electron chi connectivity index (χ1n) is 9.05. The van der Waals surface area contributed by atoms with Crippen molar-refractivity contribution < 1.29 is 22.4 Å². The summed E-state index contributed by atoms with van der Waals surface area (Å²) in [5.41, 5.74) is 0.871. The molecule has 0 saturated heterocycles. The highest BCUT2D eigenvalue weighted by atomic mass is 35.5. The number of rotatable bonds is 6. The number of nitrogens with zero attached hydrogens (tertiary/aromatic N) is 2. The van der Waals surface area contributed by atoms with Crippen LogP contribution >= 0.6 is 22.9 Å². The van der Waals surface area contributed by atoms with Crippen molar-refractivity contribution in [2.24, 2.45) is 0 Å². The highest BCUT2D eigenvalue weighted by molar-refractivity contribution is 7.90. The Kier molecular flexibility index (Phi) is 5.74. The molecule has 0 aliphatic carbocycles. The monoisotopic (exact) mass is 476 g/mol. The first-order valence-corrected chi connectivity index (χ1v) is 12.1. The van der Waals surface area contributed by atoms with Crippen LogP contribution in [0.2, 0.25) is 5.02 Å². The summed E-state index contributed by atoms with van der Waals surface area (Å²) in [6.45, 7) is 0.138. The van der Waals surface area contributed by atoms with Crippen LogP contribution in [0.3, 0.4) is 0 Å². The topological polar surface area (TPSA) is 89.7 Å². The summed E-state index contributed by atoms with van der Waals surface area (Å²) in [7, 11) is -1.83. The molecule has 0 unspecified atom stereocenters. The number of carbonyl (C=O) groups excluding carboxylic acids is 1. The maximum absolute atomic E-state index is 13.4. The van der Waals surface area contributed by atoms with Gasteiger partial charge in [-0.1, -0.05) is 22.9 Å². The van der Waals surface area contributed by atoms with Crippen molar-refractivity contribution >= 4 is 54.0 Å². The molecule has 2 heterocycles. The van der Waals surface area contributed by atoms with Gasteiger partial charge in [0.15, 0.2) is 15.0 Å². The van der Waals surface area contributed by atoms with Crippen LogP contribution in [0, 0.1) is 0 Å². The van der Waals surface area contributed by atoms with Gasteiger partial charge in [-0.25, -0.2) is 13.4 Å². The summed E-state index contributed by atoms with van der Waals surface area (Å²) in [5.74, 6) is 0.758. The predicted molar refractivity (Wildman–Crippen MR) is 120 cm³/mol. The predicted octanol–water partition coefficient (Wildman–Crippen LogP) is 4.80. The number of ether oxygens (including phenoxy) is 1. The molecule has 0 radical (unpaired) electrons. The van der Waals surface area contributed by atoms with E-state index in [1.165, 1.54) is 53.9 Å². The van der Waals surface area contributed by atoms with Crippen LogP contribution in [0.5, 0.6) is 5.75 Å². The summed E-state index contributed by atoms with van der Waals surface area (Å²) in [6, 6.07) is 12.7. The minimum Gasteiger partial charge on any atom is -0.494 e. The van der Waals surface area contributed by atoms with Crippen LogP contribution in [0.4, 0.5) is 5.13 Å². The van der Waals surface area contributed by atoms with Crippen molar-refractivity contribution in [3.8, 4) is 5.75 Å². The number of halogens is 1. The molecular formula is C21H17ClN2O5S2. The number of fused-ring (bicyclic) bond motifs is 1. The summed E-state index contributed by atoms with van der Waals surface area (Å²) < 4.78 is 35.0. The molecule has 0 fully saturated rings. The van der Waals surface area contributed by atoms with E-state index >= 15 is 0 Å². The van der Waals surface area contributed by atoms with Gasteiger partial charge >= 0.3 is 0 Å². The Morgan fingerprint density at radius 2 is 1.94 bits per heavy atom. The van der Waals surface area contributed by atoms with Gasteiger partial charge in [-0.3, -0.25) is 9.69 Å². The number of hydrogen-bond acceptors (Lipinski definition) is 7. The van der Waals surface area contributed by atoms with Gasteiger partial charge < -0.3 is 9.15 Å². The number of anilines is 1. The van der Waals surface area contributed by atoms with E-state index in [9.17, 15) is 13.2 Å². The molecule has 0 atom stereocenters. The number of amides is 1. The standard InChI is InChI=1S/C21H17ClN2O5S2/c1-28-17-10-9-16(22)19-18(17)23-21(30-19)24(12-14-4-3-11-29-14)20(25)13-5-7-15(8-6-13)31(2,26)27/h3-11H,12H2,1-2H3. The van der Waals surface area contributed by atoms with Crippen LogP contribution in [-0.4, -0.2) is 32.7 Å². The maximum atomic E-state index is 13.4. The van der Waals surface area contributed by atoms with Gasteiger partial charge in [0.1, 0.15) is 17.0 Å². The van der Waals surface area contributed by atoms with Crippen LogP contribution in [0.15, 0.2) is 64.1 Å². The molecule has 0 spiro atoms. The number of methoxy groups -OCH3 is 1. The first kappa shape index (κ1) is 21.4. The Bertz CT molecular complexity index is 1350. The van der Waals surface area contributed by atoms with Gasteiger partial charge in [-0.2, -0.15) is 0 Å². The highest BCUT2D eigenvalue weighted by Crippen LogP contribution is 2.39. The maximum Gasteiger partial charge on any atom is 0.260 e. The molecule has 0 aliphatic heterocycles. The van der Waals surface area contributed by atoms with Crippen LogP contribution in [0.25, 0.3) is 10.2 Å². The first-order chi connectivity index (χ1) is 14.8. The van der Waals surface area contributed by atoms with Crippen molar-refractivity contribution in [3.63, 3.8) is 0 Å². The third kappa shape index (κ3) is 4.30. The third-order valence-corrected chi connectivity index (χ3v) is 7.23. The largest absolute Gasteiger partial charge is 0.494 e. The molecule has 2 aromatic heterocycles. The molecule has 31 heavy (non-hydrogen) atoms. The zero-order chi connectivity index (χ0) is 22.2. The zero-order valence-electron chi connectivity index (χ0n) is 16.5. The molecule has 2 aromatic carbocycles. The molecule has 4 rings (SSSR count). The average molecular weight is 477 g/mol. The Morgan fingerprint density at radius 1 is 1.19 bits per heavy atom. The van der Waals surface area contributed by atoms with Crippen molar-refractivity contribution in [2.45, 2.75) is 11.4 Å². The van der Waals surface area contributed by atoms with E-state index in [2.05, 4.69) is 4.98 Å². The van der Waals surface area contributed by atoms with Crippen LogP contribution in [0.1, 0.15) is 16.1 Å². The van der Waals surface area contributed by atoms with Crippen molar-refractivity contribution in [2.75, 3.05) is 18.3 Å². The molecule has 0 N–H and O–H groups in total. The summed E-state index contributed by atoms with van der Waals surface area (Å²) >= 11 is 7.60. The summed E-state index contributed by atoms with van der Waals surface area (Å²) in [5, 5.41) is 0.914. The van der Waals surface area contributed by atoms with E-state index in [1.807, 2.05) is 0 Å². The Hall–Kier alpha value is -2.88. The Morgan fingerprint density at radius 3 is 2.55 bits per heavy atom. The van der Waals surface area contributed by atoms with E-state index in [1.54, 1.807) is 24.3 Å². The van der Waals surface area contributed by atoms with E-state index in [0.29, 0.717) is 37.4 Å². The van der Waals surface area contributed by atoms with E-state index in [0.717, 1.165) is 6.26 Å². The lowest BCUT2D eigenvalue weighted by atomic mass is 10.2. The lowest BCUT2D eigenvalue weighted by Crippen LogP contribution is -2.30. The van der Waals surface area contributed by atoms with Gasteiger partial charge in [0.05, 0.1) is 34.5 Å². The van der Waals surface area contributed by atoms with Gasteiger partial charge in [-0.05, 0) is 48.5 Å². The average Bonchev–Trinajstić information content (AvgIpc) is 3.42. The molecule has 160 valence electrons. The second-order valence-corrected chi connectivity index (χ2v) is 10.1. The number of carbonyl (C=O) groups is 1. The fourth-order valence-corrected chi connectivity index (χ4v) is 4.89. The molecule has 10 heteroatoms. The molecule has 4 aromatic rings. The normalized spacial score (nSPS) is 11.6. The quantitative estimate of drug-likeness (QED) is 0.397. The number of thiazole rings is 1. The summed E-state index contributed by atoms with van der Waals surface area (Å²) in [6.07, 6.45) is 2.64. The minimum absolute atomic E-state index is 0.137. The zero-order valence-corrected chi connectivity index (χ0v) is 18.9. The van der Waals surface area contributed by atoms with Crippen LogP contribution in [-0.2, 0) is 16.4 Å². The van der Waals surface area contributed by atoms with Crippen molar-refractivity contribution in [1.82, 2.24) is 4.98 Å². The molecule has 0 saturated carbocycles. The SMILES string of the molecule is COc1ccc(Cl)c2sc(N(Cc3ccco3)C(=O)c3ccc(S(C)(=O)=O)cc3)nc12. The second kappa shape index (κ2) is 8.33. The number of benzene rings is 2. The third-order valence-electron chi connectivity index (χ3n) is 4.57. The van der Waals surface area contributed by atoms with Crippen molar-refractivity contribution in [3.05, 3.63) is 71.1 Å². The number of furan rings is 1. The van der Waals surface area contributed by atoms with Gasteiger partial charge in [-0.15, -0.1) is 0 Å². The smallest absolute Gasteiger partial charge is 0.260 e. The van der Waals surface area contributed by atoms with E-state index < -0.39 is 9.84 Å². The fraction of sp³-hybridized carbons (Fsp3) is 0.143. The molecular weight excluding hydrogens is 460 g/mol. The molecule has 7 nitrogen and oxygen atoms in total. The fourth-order valence-electron chi connectivity index (χ4n) is 3.01. The number of hydrogen-bond donors (Lipinski definition) is 0.